The van der Waals surface area contributed by atoms with Gasteiger partial charge in [-0.25, -0.2) is 0 Å². The average molecular weight is 341 g/mol. The van der Waals surface area contributed by atoms with Crippen LogP contribution in [0, 0.1) is 0 Å². The van der Waals surface area contributed by atoms with Gasteiger partial charge in [-0.05, 0) is 50.2 Å². The molecule has 0 N–H and O–H groups in total. The molecule has 0 bridgehead atoms. The van der Waals surface area contributed by atoms with Gasteiger partial charge in [0.05, 0.1) is 16.1 Å². The smallest absolute Gasteiger partial charge is 0.0502 e. The highest BCUT2D eigenvalue weighted by atomic mass is 28.3. The lowest BCUT2D eigenvalue weighted by atomic mass is 10.3. The Labute approximate surface area is 141 Å². The third-order valence-electron chi connectivity index (χ3n) is 5.80. The average Bonchev–Trinajstić information content (AvgIpc) is 2.46. The SMILES string of the molecule is CC=NCCC[Si](C)(C)C(C)C(C)[Si](C)(C)CCCN=CC. The Morgan fingerprint density at radius 2 is 1.05 bits per heavy atom. The molecule has 2 atom stereocenters. The summed E-state index contributed by atoms with van der Waals surface area (Å²) in [7, 11) is -2.31. The molecule has 0 saturated heterocycles. The van der Waals surface area contributed by atoms with Crippen molar-refractivity contribution in [3.8, 4) is 0 Å². The first-order valence-corrected chi connectivity index (χ1v) is 15.6. The number of hydrogen-bond acceptors (Lipinski definition) is 2. The van der Waals surface area contributed by atoms with Crippen molar-refractivity contribution in [2.75, 3.05) is 13.1 Å². The molecule has 4 heteroatoms. The van der Waals surface area contributed by atoms with E-state index in [1.54, 1.807) is 0 Å². The highest BCUT2D eigenvalue weighted by Gasteiger charge is 2.39. The third-order valence-corrected chi connectivity index (χ3v) is 15.3. The molecule has 0 heterocycles. The zero-order valence-corrected chi connectivity index (χ0v) is 18.4. The van der Waals surface area contributed by atoms with Crippen LogP contribution in [0.1, 0.15) is 40.5 Å². The first-order valence-electron chi connectivity index (χ1n) is 9.08. The molecule has 130 valence electrons. The Kier molecular flexibility index (Phi) is 10.4. The van der Waals surface area contributed by atoms with Crippen molar-refractivity contribution >= 4 is 28.6 Å². The van der Waals surface area contributed by atoms with E-state index in [0.717, 1.165) is 24.2 Å². The fraction of sp³-hybridized carbons (Fsp3) is 0.889. The van der Waals surface area contributed by atoms with E-state index in [2.05, 4.69) is 50.0 Å². The highest BCUT2D eigenvalue weighted by molar-refractivity contribution is 6.84. The molecule has 0 amide bonds. The predicted molar refractivity (Wildman–Crippen MR) is 111 cm³/mol. The van der Waals surface area contributed by atoms with Crippen LogP contribution in [0.3, 0.4) is 0 Å². The van der Waals surface area contributed by atoms with Crippen molar-refractivity contribution in [2.24, 2.45) is 9.98 Å². The molecular weight excluding hydrogens is 300 g/mol. The van der Waals surface area contributed by atoms with E-state index in [0.29, 0.717) is 0 Å². The van der Waals surface area contributed by atoms with Crippen LogP contribution in [0.2, 0.25) is 49.4 Å². The quantitative estimate of drug-likeness (QED) is 0.245. The van der Waals surface area contributed by atoms with E-state index in [4.69, 9.17) is 0 Å². The van der Waals surface area contributed by atoms with Crippen molar-refractivity contribution in [3.05, 3.63) is 0 Å². The lowest BCUT2D eigenvalue weighted by Gasteiger charge is -2.41. The molecule has 0 aromatic heterocycles. The summed E-state index contributed by atoms with van der Waals surface area (Å²) < 4.78 is 0. The molecule has 2 unspecified atom stereocenters. The van der Waals surface area contributed by atoms with Gasteiger partial charge >= 0.3 is 0 Å². The van der Waals surface area contributed by atoms with Gasteiger partial charge < -0.3 is 0 Å². The van der Waals surface area contributed by atoms with Crippen LogP contribution < -0.4 is 0 Å². The topological polar surface area (TPSA) is 24.7 Å². The standard InChI is InChI=1S/C18H40N2Si2/c1-9-19-13-11-15-21(5,6)17(3)18(4)22(7,8)16-12-14-20-10-2/h9-10,17-18H,11-16H2,1-8H3. The van der Waals surface area contributed by atoms with Crippen molar-refractivity contribution in [2.45, 2.75) is 89.9 Å². The normalized spacial score (nSPS) is 16.5. The summed E-state index contributed by atoms with van der Waals surface area (Å²) in [5.41, 5.74) is 1.82. The van der Waals surface area contributed by atoms with Gasteiger partial charge in [-0.15, -0.1) is 0 Å². The molecule has 0 saturated carbocycles. The summed E-state index contributed by atoms with van der Waals surface area (Å²) >= 11 is 0. The van der Waals surface area contributed by atoms with Crippen LogP contribution in [0.5, 0.6) is 0 Å². The summed E-state index contributed by atoms with van der Waals surface area (Å²) in [5, 5.41) is 0. The predicted octanol–water partition coefficient (Wildman–Crippen LogP) is 6.15. The van der Waals surface area contributed by atoms with Crippen molar-refractivity contribution < 1.29 is 0 Å². The zero-order valence-electron chi connectivity index (χ0n) is 16.4. The third kappa shape index (κ3) is 7.86. The van der Waals surface area contributed by atoms with Crippen LogP contribution >= 0.6 is 0 Å². The Bertz CT molecular complexity index is 315. The second kappa shape index (κ2) is 10.5. The molecule has 2 nitrogen and oxygen atoms in total. The molecule has 22 heavy (non-hydrogen) atoms. The Morgan fingerprint density at radius 1 is 0.727 bits per heavy atom. The fourth-order valence-electron chi connectivity index (χ4n) is 3.32. The van der Waals surface area contributed by atoms with Crippen LogP contribution in [0.15, 0.2) is 9.98 Å². The van der Waals surface area contributed by atoms with Crippen LogP contribution in [0.4, 0.5) is 0 Å². The van der Waals surface area contributed by atoms with Gasteiger partial charge in [0.1, 0.15) is 0 Å². The number of rotatable bonds is 11. The van der Waals surface area contributed by atoms with E-state index in [1.807, 2.05) is 26.3 Å². The molecule has 0 radical (unpaired) electrons. The monoisotopic (exact) mass is 340 g/mol. The van der Waals surface area contributed by atoms with Gasteiger partial charge in [-0.3, -0.25) is 9.98 Å². The molecule has 0 aromatic rings. The van der Waals surface area contributed by atoms with Gasteiger partial charge in [0.15, 0.2) is 0 Å². The van der Waals surface area contributed by atoms with Crippen LogP contribution in [-0.4, -0.2) is 41.7 Å². The fourth-order valence-corrected chi connectivity index (χ4v) is 11.8. The van der Waals surface area contributed by atoms with Crippen molar-refractivity contribution in [1.82, 2.24) is 0 Å². The van der Waals surface area contributed by atoms with Crippen LogP contribution in [-0.2, 0) is 0 Å². The summed E-state index contributed by atoms with van der Waals surface area (Å²) in [6, 6.07) is 2.83. The maximum atomic E-state index is 4.38. The second-order valence-electron chi connectivity index (χ2n) is 8.09. The molecule has 0 aliphatic carbocycles. The molecule has 0 fully saturated rings. The maximum absolute atomic E-state index is 4.38. The van der Waals surface area contributed by atoms with E-state index < -0.39 is 16.1 Å². The Hall–Kier alpha value is -0.226. The second-order valence-corrected chi connectivity index (χ2v) is 18.9. The summed E-state index contributed by atoms with van der Waals surface area (Å²) in [6.45, 7) is 21.5. The minimum absolute atomic E-state index is 0.912. The lowest BCUT2D eigenvalue weighted by molar-refractivity contribution is 0.768. The Balaban J connectivity index is 4.54. The maximum Gasteiger partial charge on any atom is 0.0502 e. The number of aliphatic imine (C=N–C) groups is 2. The Morgan fingerprint density at radius 3 is 1.32 bits per heavy atom. The van der Waals surface area contributed by atoms with E-state index in [1.165, 1.54) is 24.9 Å². The van der Waals surface area contributed by atoms with Gasteiger partial charge in [-0.1, -0.05) is 52.1 Å². The van der Waals surface area contributed by atoms with Gasteiger partial charge in [0.2, 0.25) is 0 Å². The largest absolute Gasteiger partial charge is 0.298 e. The summed E-state index contributed by atoms with van der Waals surface area (Å²) in [5.74, 6) is 0. The molecule has 0 aromatic carbocycles. The van der Waals surface area contributed by atoms with Gasteiger partial charge in [0, 0.05) is 13.1 Å². The minimum Gasteiger partial charge on any atom is -0.298 e. The van der Waals surface area contributed by atoms with Crippen molar-refractivity contribution in [1.29, 1.82) is 0 Å². The van der Waals surface area contributed by atoms with E-state index in [9.17, 15) is 0 Å². The summed E-state index contributed by atoms with van der Waals surface area (Å²) in [6.07, 6.45) is 6.42. The van der Waals surface area contributed by atoms with E-state index >= 15 is 0 Å². The molecule has 0 rings (SSSR count). The van der Waals surface area contributed by atoms with Crippen molar-refractivity contribution in [3.63, 3.8) is 0 Å². The van der Waals surface area contributed by atoms with Gasteiger partial charge in [0.25, 0.3) is 0 Å². The first-order chi connectivity index (χ1) is 10.2. The minimum atomic E-state index is -1.15. The number of nitrogens with zero attached hydrogens (tertiary/aromatic N) is 2. The lowest BCUT2D eigenvalue weighted by Crippen LogP contribution is -2.41. The zero-order chi connectivity index (χ0) is 17.2. The molecule has 0 aliphatic heterocycles. The number of hydrogen-bond donors (Lipinski definition) is 0. The van der Waals surface area contributed by atoms with E-state index in [-0.39, 0.29) is 0 Å². The molecule has 0 aliphatic rings. The molecular formula is C18H40N2Si2. The summed E-state index contributed by atoms with van der Waals surface area (Å²) in [4.78, 5) is 8.76. The highest BCUT2D eigenvalue weighted by Crippen LogP contribution is 2.43. The van der Waals surface area contributed by atoms with Gasteiger partial charge in [-0.2, -0.15) is 0 Å². The molecule has 0 spiro atoms. The van der Waals surface area contributed by atoms with Crippen LogP contribution in [0.25, 0.3) is 0 Å². The first kappa shape index (κ1) is 21.8.